The number of nitrogens with zero attached hydrogens (tertiary/aromatic N) is 2. The van der Waals surface area contributed by atoms with Crippen molar-refractivity contribution in [3.05, 3.63) is 17.8 Å². The molecule has 1 aromatic heterocycles. The van der Waals surface area contributed by atoms with Crippen LogP contribution in [0.5, 0.6) is 5.88 Å². The summed E-state index contributed by atoms with van der Waals surface area (Å²) >= 11 is 0. The van der Waals surface area contributed by atoms with Crippen LogP contribution in [-0.4, -0.2) is 36.8 Å². The molecule has 0 aromatic carbocycles. The van der Waals surface area contributed by atoms with E-state index in [-0.39, 0.29) is 0 Å². The number of carboxylic acids is 1. The van der Waals surface area contributed by atoms with E-state index in [0.717, 1.165) is 5.69 Å². The fourth-order valence-electron chi connectivity index (χ4n) is 2.16. The van der Waals surface area contributed by atoms with E-state index in [1.165, 1.54) is 0 Å². The quantitative estimate of drug-likeness (QED) is 0.865. The number of rotatable bonds is 6. The summed E-state index contributed by atoms with van der Waals surface area (Å²) in [6.45, 7) is 4.71. The lowest BCUT2D eigenvalue weighted by Gasteiger charge is -2.21. The predicted octanol–water partition coefficient (Wildman–Crippen LogP) is 2.30. The van der Waals surface area contributed by atoms with E-state index in [2.05, 4.69) is 18.8 Å². The number of carboxylic acid groups (broad SMARTS) is 1. The number of anilines is 1. The van der Waals surface area contributed by atoms with Crippen molar-refractivity contribution >= 4 is 11.7 Å². The van der Waals surface area contributed by atoms with Gasteiger partial charge in [-0.1, -0.05) is 13.8 Å². The molecular weight excluding hydrogens is 256 g/mol. The first-order chi connectivity index (χ1) is 9.36. The van der Waals surface area contributed by atoms with Crippen LogP contribution in [0.2, 0.25) is 0 Å². The van der Waals surface area contributed by atoms with Crippen molar-refractivity contribution in [2.75, 3.05) is 25.6 Å². The van der Waals surface area contributed by atoms with Crippen molar-refractivity contribution in [2.45, 2.75) is 32.1 Å². The number of hydrogen-bond acceptors (Lipinski definition) is 4. The van der Waals surface area contributed by atoms with Gasteiger partial charge < -0.3 is 14.7 Å². The van der Waals surface area contributed by atoms with Gasteiger partial charge in [0.25, 0.3) is 0 Å². The summed E-state index contributed by atoms with van der Waals surface area (Å²) in [5, 5.41) is 9.47. The standard InChI is InChI=1S/C15H22N2O3/c1-10(2)9-20-12-6-5-11(17(3)4)13(16-12)15(7-8-15)14(18)19/h5-6,10H,7-9H2,1-4H3,(H,18,19). The van der Waals surface area contributed by atoms with E-state index >= 15 is 0 Å². The summed E-state index contributed by atoms with van der Waals surface area (Å²) in [6, 6.07) is 3.69. The molecule has 1 saturated carbocycles. The van der Waals surface area contributed by atoms with E-state index in [9.17, 15) is 9.90 Å². The maximum Gasteiger partial charge on any atom is 0.315 e. The third kappa shape index (κ3) is 2.71. The highest BCUT2D eigenvalue weighted by atomic mass is 16.5. The Bertz CT molecular complexity index is 508. The molecule has 5 heteroatoms. The summed E-state index contributed by atoms with van der Waals surface area (Å²) in [6.07, 6.45) is 1.29. The smallest absolute Gasteiger partial charge is 0.315 e. The van der Waals surface area contributed by atoms with Crippen molar-refractivity contribution in [1.29, 1.82) is 0 Å². The topological polar surface area (TPSA) is 62.7 Å². The van der Waals surface area contributed by atoms with Gasteiger partial charge in [0.1, 0.15) is 5.41 Å². The highest BCUT2D eigenvalue weighted by Gasteiger charge is 2.54. The molecule has 0 aliphatic heterocycles. The maximum atomic E-state index is 11.5. The average molecular weight is 278 g/mol. The lowest BCUT2D eigenvalue weighted by atomic mass is 10.00. The Kier molecular flexibility index (Phi) is 3.88. The Balaban J connectivity index is 2.36. The van der Waals surface area contributed by atoms with E-state index in [1.807, 2.05) is 25.1 Å². The molecule has 0 bridgehead atoms. The van der Waals surface area contributed by atoms with Crippen molar-refractivity contribution in [1.82, 2.24) is 4.98 Å². The van der Waals surface area contributed by atoms with Crippen molar-refractivity contribution in [2.24, 2.45) is 5.92 Å². The average Bonchev–Trinajstić information content (AvgIpc) is 3.17. The molecule has 1 heterocycles. The van der Waals surface area contributed by atoms with Gasteiger partial charge in [-0.2, -0.15) is 0 Å². The van der Waals surface area contributed by atoms with Crippen LogP contribution in [0.1, 0.15) is 32.4 Å². The zero-order valence-corrected chi connectivity index (χ0v) is 12.5. The molecule has 1 N–H and O–H groups in total. The molecule has 0 amide bonds. The summed E-state index contributed by atoms with van der Waals surface area (Å²) in [7, 11) is 3.79. The SMILES string of the molecule is CC(C)COc1ccc(N(C)C)c(C2(C(=O)O)CC2)n1. The molecule has 1 fully saturated rings. The van der Waals surface area contributed by atoms with Gasteiger partial charge in [-0.15, -0.1) is 0 Å². The van der Waals surface area contributed by atoms with E-state index in [4.69, 9.17) is 4.74 Å². The maximum absolute atomic E-state index is 11.5. The molecule has 1 aliphatic rings. The van der Waals surface area contributed by atoms with Crippen LogP contribution in [0, 0.1) is 5.92 Å². The molecule has 2 rings (SSSR count). The van der Waals surface area contributed by atoms with Gasteiger partial charge in [0.15, 0.2) is 0 Å². The fraction of sp³-hybridized carbons (Fsp3) is 0.600. The Morgan fingerprint density at radius 3 is 2.55 bits per heavy atom. The monoisotopic (exact) mass is 278 g/mol. The highest BCUT2D eigenvalue weighted by molar-refractivity contribution is 5.86. The van der Waals surface area contributed by atoms with Crippen LogP contribution in [0.4, 0.5) is 5.69 Å². The Morgan fingerprint density at radius 2 is 2.10 bits per heavy atom. The Morgan fingerprint density at radius 1 is 1.45 bits per heavy atom. The van der Waals surface area contributed by atoms with Crippen molar-refractivity contribution in [3.8, 4) is 5.88 Å². The highest BCUT2D eigenvalue weighted by Crippen LogP contribution is 2.50. The van der Waals surface area contributed by atoms with E-state index in [0.29, 0.717) is 36.9 Å². The third-order valence-corrected chi connectivity index (χ3v) is 3.51. The third-order valence-electron chi connectivity index (χ3n) is 3.51. The minimum absolute atomic E-state index is 0.406. The first-order valence-electron chi connectivity index (χ1n) is 6.92. The number of hydrogen-bond donors (Lipinski definition) is 1. The lowest BCUT2D eigenvalue weighted by molar-refractivity contribution is -0.140. The van der Waals surface area contributed by atoms with Crippen LogP contribution in [0.25, 0.3) is 0 Å². The summed E-state index contributed by atoms with van der Waals surface area (Å²) in [4.78, 5) is 17.9. The molecule has 0 saturated heterocycles. The first-order valence-corrected chi connectivity index (χ1v) is 6.92. The minimum Gasteiger partial charge on any atom is -0.481 e. The molecule has 0 atom stereocenters. The summed E-state index contributed by atoms with van der Waals surface area (Å²) in [5.41, 5.74) is 0.648. The van der Waals surface area contributed by atoms with Gasteiger partial charge >= 0.3 is 5.97 Å². The molecule has 20 heavy (non-hydrogen) atoms. The predicted molar refractivity (Wildman–Crippen MR) is 77.4 cm³/mol. The van der Waals surface area contributed by atoms with Gasteiger partial charge in [-0.3, -0.25) is 4.79 Å². The second-order valence-corrected chi connectivity index (χ2v) is 6.00. The van der Waals surface area contributed by atoms with Crippen molar-refractivity contribution < 1.29 is 14.6 Å². The molecule has 0 unspecified atom stereocenters. The first kappa shape index (κ1) is 14.6. The molecule has 0 radical (unpaired) electrons. The Labute approximate surface area is 119 Å². The van der Waals surface area contributed by atoms with Gasteiger partial charge in [0.2, 0.25) is 5.88 Å². The lowest BCUT2D eigenvalue weighted by Crippen LogP contribution is -2.25. The van der Waals surface area contributed by atoms with E-state index in [1.54, 1.807) is 6.07 Å². The number of aliphatic carboxylic acids is 1. The second-order valence-electron chi connectivity index (χ2n) is 6.00. The minimum atomic E-state index is -0.823. The van der Waals surface area contributed by atoms with Crippen molar-refractivity contribution in [3.63, 3.8) is 0 Å². The fourth-order valence-corrected chi connectivity index (χ4v) is 2.16. The zero-order valence-electron chi connectivity index (χ0n) is 12.5. The van der Waals surface area contributed by atoms with Gasteiger partial charge in [0.05, 0.1) is 18.0 Å². The molecular formula is C15H22N2O3. The number of pyridine rings is 1. The summed E-state index contributed by atoms with van der Waals surface area (Å²) < 4.78 is 5.62. The second kappa shape index (κ2) is 5.31. The normalized spacial score (nSPS) is 16.1. The molecule has 0 spiro atoms. The zero-order chi connectivity index (χ0) is 14.9. The number of aromatic nitrogens is 1. The van der Waals surface area contributed by atoms with Gasteiger partial charge in [-0.05, 0) is 24.8 Å². The van der Waals surface area contributed by atoms with Gasteiger partial charge in [-0.25, -0.2) is 4.98 Å². The molecule has 1 aliphatic carbocycles. The number of carbonyl (C=O) groups is 1. The van der Waals surface area contributed by atoms with E-state index < -0.39 is 11.4 Å². The van der Waals surface area contributed by atoms with Crippen LogP contribution in [-0.2, 0) is 10.2 Å². The molecule has 5 nitrogen and oxygen atoms in total. The van der Waals surface area contributed by atoms with Crippen LogP contribution in [0.15, 0.2) is 12.1 Å². The summed E-state index contributed by atoms with van der Waals surface area (Å²) in [5.74, 6) is 0.115. The van der Waals surface area contributed by atoms with Crippen LogP contribution >= 0.6 is 0 Å². The van der Waals surface area contributed by atoms with Crippen LogP contribution in [0.3, 0.4) is 0 Å². The number of ether oxygens (including phenoxy) is 1. The largest absolute Gasteiger partial charge is 0.481 e. The molecule has 1 aromatic rings. The molecule has 110 valence electrons. The van der Waals surface area contributed by atoms with Crippen LogP contribution < -0.4 is 9.64 Å². The van der Waals surface area contributed by atoms with Gasteiger partial charge in [0, 0.05) is 20.2 Å². The Hall–Kier alpha value is -1.78.